The summed E-state index contributed by atoms with van der Waals surface area (Å²) in [6.45, 7) is -0.229. The zero-order chi connectivity index (χ0) is 30.1. The zero-order valence-corrected chi connectivity index (χ0v) is 22.7. The van der Waals surface area contributed by atoms with E-state index in [1.807, 2.05) is 18.2 Å². The molecule has 6 aromatic rings. The number of aromatic nitrogens is 2. The van der Waals surface area contributed by atoms with Crippen LogP contribution in [0.3, 0.4) is 0 Å². The fourth-order valence-electron chi connectivity index (χ4n) is 4.51. The van der Waals surface area contributed by atoms with Gasteiger partial charge in [-0.2, -0.15) is 9.78 Å². The molecule has 0 spiro atoms. The number of rotatable bonds is 8. The number of para-hydroxylation sites is 2. The van der Waals surface area contributed by atoms with E-state index < -0.39 is 21.1 Å². The summed E-state index contributed by atoms with van der Waals surface area (Å²) in [5, 5.41) is 28.6. The van der Waals surface area contributed by atoms with Gasteiger partial charge in [-0.25, -0.2) is 4.98 Å². The normalized spacial score (nSPS) is 11.4. The molecule has 0 radical (unpaired) electrons. The minimum atomic E-state index is -0.671. The van der Waals surface area contributed by atoms with Gasteiger partial charge in [-0.3, -0.25) is 25.0 Å². The molecule has 0 amide bonds. The fraction of sp³-hybridized carbons (Fsp3) is 0.0333. The predicted octanol–water partition coefficient (Wildman–Crippen LogP) is 6.74. The molecule has 2 aromatic heterocycles. The Morgan fingerprint density at radius 2 is 1.74 bits per heavy atom. The third-order valence-corrected chi connectivity index (χ3v) is 6.69. The van der Waals surface area contributed by atoms with Crippen LogP contribution in [0.15, 0.2) is 105 Å². The van der Waals surface area contributed by atoms with Gasteiger partial charge < -0.3 is 9.15 Å². The summed E-state index contributed by atoms with van der Waals surface area (Å²) >= 11 is 6.21. The van der Waals surface area contributed by atoms with Crippen molar-refractivity contribution in [2.45, 2.75) is 6.61 Å². The quantitative estimate of drug-likeness (QED) is 0.106. The minimum Gasteiger partial charge on any atom is -0.481 e. The van der Waals surface area contributed by atoms with E-state index in [-0.39, 0.29) is 40.2 Å². The van der Waals surface area contributed by atoms with Crippen molar-refractivity contribution in [2.24, 2.45) is 5.10 Å². The van der Waals surface area contributed by atoms with Gasteiger partial charge >= 0.3 is 5.69 Å². The number of furan rings is 1. The summed E-state index contributed by atoms with van der Waals surface area (Å²) in [4.78, 5) is 40.1. The first kappa shape index (κ1) is 27.3. The van der Waals surface area contributed by atoms with Gasteiger partial charge in [0, 0.05) is 34.2 Å². The smallest absolute Gasteiger partial charge is 0.313 e. The largest absolute Gasteiger partial charge is 0.481 e. The Hall–Kier alpha value is -5.88. The van der Waals surface area contributed by atoms with Gasteiger partial charge in [0.2, 0.25) is 11.6 Å². The number of hydrogen-bond acceptors (Lipinski definition) is 9. The molecular weight excluding hydrogens is 578 g/mol. The maximum absolute atomic E-state index is 13.6. The van der Waals surface area contributed by atoms with E-state index in [1.165, 1.54) is 30.5 Å². The third-order valence-electron chi connectivity index (χ3n) is 6.48. The van der Waals surface area contributed by atoms with Crippen LogP contribution in [-0.2, 0) is 6.61 Å². The van der Waals surface area contributed by atoms with Gasteiger partial charge in [-0.1, -0.05) is 54.1 Å². The monoisotopic (exact) mass is 595 g/mol. The molecule has 0 aliphatic carbocycles. The number of ether oxygens (including phenoxy) is 1. The van der Waals surface area contributed by atoms with Crippen molar-refractivity contribution in [3.8, 4) is 17.3 Å². The maximum Gasteiger partial charge on any atom is 0.313 e. The number of benzene rings is 4. The van der Waals surface area contributed by atoms with Gasteiger partial charge in [0.15, 0.2) is 5.76 Å². The van der Waals surface area contributed by atoms with Crippen LogP contribution in [0, 0.1) is 20.2 Å². The van der Waals surface area contributed by atoms with Crippen LogP contribution in [0.25, 0.3) is 33.5 Å². The van der Waals surface area contributed by atoms with E-state index in [2.05, 4.69) is 10.1 Å². The Bertz CT molecular complexity index is 2120. The molecule has 0 unspecified atom stereocenters. The van der Waals surface area contributed by atoms with Gasteiger partial charge in [0.25, 0.3) is 11.2 Å². The zero-order valence-electron chi connectivity index (χ0n) is 21.9. The van der Waals surface area contributed by atoms with E-state index in [1.54, 1.807) is 42.5 Å². The summed E-state index contributed by atoms with van der Waals surface area (Å²) in [6, 6.07) is 24.0. The second kappa shape index (κ2) is 11.2. The van der Waals surface area contributed by atoms with E-state index in [0.29, 0.717) is 22.0 Å². The lowest BCUT2D eigenvalue weighted by atomic mass is 10.1. The molecule has 6 rings (SSSR count). The second-order valence-corrected chi connectivity index (χ2v) is 9.72. The van der Waals surface area contributed by atoms with Gasteiger partial charge in [-0.05, 0) is 35.9 Å². The average Bonchev–Trinajstić information content (AvgIpc) is 3.44. The van der Waals surface area contributed by atoms with Crippen LogP contribution in [0.4, 0.5) is 11.4 Å². The second-order valence-electron chi connectivity index (χ2n) is 9.28. The molecule has 0 N–H and O–H groups in total. The topological polar surface area (TPSA) is 156 Å². The van der Waals surface area contributed by atoms with Gasteiger partial charge in [0.05, 0.1) is 27.0 Å². The third kappa shape index (κ3) is 5.42. The number of fused-ring (bicyclic) bond motifs is 2. The molecular formula is C30H18ClN5O7. The standard InChI is InChI=1S/C30H18ClN5O7/c31-21-13-20(28(25(15-21)36(40)41)42-17-18-6-5-8-22(12-18)35(38)39)16-32-34-29(27-14-19-7-1-4-11-26(19)43-27)33-24-10-3-2-9-23(24)30(34)37/h1-16H,17H2. The average molecular weight is 596 g/mol. The van der Waals surface area contributed by atoms with Crippen LogP contribution >= 0.6 is 11.6 Å². The molecule has 2 heterocycles. The number of non-ortho nitro benzene ring substituents is 1. The number of nitro groups is 2. The first-order valence-corrected chi connectivity index (χ1v) is 13.1. The molecule has 0 atom stereocenters. The van der Waals surface area contributed by atoms with Gasteiger partial charge in [-0.15, -0.1) is 0 Å². The van der Waals surface area contributed by atoms with Crippen LogP contribution in [-0.4, -0.2) is 25.7 Å². The van der Waals surface area contributed by atoms with Crippen molar-refractivity contribution in [1.82, 2.24) is 9.66 Å². The molecule has 0 fully saturated rings. The fourth-order valence-corrected chi connectivity index (χ4v) is 4.73. The molecule has 4 aromatic carbocycles. The lowest BCUT2D eigenvalue weighted by Crippen LogP contribution is -2.20. The van der Waals surface area contributed by atoms with Gasteiger partial charge in [0.1, 0.15) is 12.2 Å². The summed E-state index contributed by atoms with van der Waals surface area (Å²) in [6.07, 6.45) is 1.20. The molecule has 0 saturated heterocycles. The summed E-state index contributed by atoms with van der Waals surface area (Å²) in [5.74, 6) is 0.184. The molecule has 0 bridgehead atoms. The van der Waals surface area contributed by atoms with E-state index in [9.17, 15) is 25.0 Å². The highest BCUT2D eigenvalue weighted by atomic mass is 35.5. The number of hydrogen-bond donors (Lipinski definition) is 0. The molecule has 43 heavy (non-hydrogen) atoms. The van der Waals surface area contributed by atoms with Crippen molar-refractivity contribution in [3.05, 3.63) is 138 Å². The molecule has 0 aliphatic rings. The van der Waals surface area contributed by atoms with E-state index >= 15 is 0 Å². The molecule has 0 saturated carbocycles. The minimum absolute atomic E-state index is 0.0253. The Morgan fingerprint density at radius 3 is 2.53 bits per heavy atom. The molecule has 0 aliphatic heterocycles. The van der Waals surface area contributed by atoms with Crippen molar-refractivity contribution >= 4 is 51.1 Å². The van der Waals surface area contributed by atoms with Crippen molar-refractivity contribution < 1.29 is 19.0 Å². The highest BCUT2D eigenvalue weighted by Crippen LogP contribution is 2.35. The summed E-state index contributed by atoms with van der Waals surface area (Å²) in [5.41, 5.74) is 0.374. The predicted molar refractivity (Wildman–Crippen MR) is 160 cm³/mol. The Kier molecular flexibility index (Phi) is 7.10. The first-order valence-electron chi connectivity index (χ1n) is 12.7. The molecule has 212 valence electrons. The first-order chi connectivity index (χ1) is 20.8. The van der Waals surface area contributed by atoms with E-state index in [4.69, 9.17) is 20.8 Å². The number of halogens is 1. The highest BCUT2D eigenvalue weighted by molar-refractivity contribution is 6.31. The van der Waals surface area contributed by atoms with Crippen LogP contribution < -0.4 is 10.3 Å². The molecule has 13 heteroatoms. The Morgan fingerprint density at radius 1 is 0.953 bits per heavy atom. The van der Waals surface area contributed by atoms with Crippen LogP contribution in [0.2, 0.25) is 5.02 Å². The number of nitrogens with zero attached hydrogens (tertiary/aromatic N) is 5. The SMILES string of the molecule is O=c1c2ccccc2nc(-c2cc3ccccc3o2)n1N=Cc1cc(Cl)cc([N+](=O)[O-])c1OCc1cccc([N+](=O)[O-])c1. The van der Waals surface area contributed by atoms with E-state index in [0.717, 1.165) is 16.1 Å². The summed E-state index contributed by atoms with van der Waals surface area (Å²) in [7, 11) is 0. The Balaban J connectivity index is 1.47. The molecule has 12 nitrogen and oxygen atoms in total. The number of nitro benzene ring substituents is 2. The van der Waals surface area contributed by atoms with Crippen molar-refractivity contribution in [3.63, 3.8) is 0 Å². The van der Waals surface area contributed by atoms with Crippen molar-refractivity contribution in [2.75, 3.05) is 0 Å². The van der Waals surface area contributed by atoms with Crippen molar-refractivity contribution in [1.29, 1.82) is 0 Å². The lowest BCUT2D eigenvalue weighted by Gasteiger charge is -2.11. The maximum atomic E-state index is 13.6. The Labute approximate surface area is 246 Å². The lowest BCUT2D eigenvalue weighted by molar-refractivity contribution is -0.386. The van der Waals surface area contributed by atoms with Crippen LogP contribution in [0.1, 0.15) is 11.1 Å². The summed E-state index contributed by atoms with van der Waals surface area (Å²) < 4.78 is 12.8. The highest BCUT2D eigenvalue weighted by Gasteiger charge is 2.22. The van der Waals surface area contributed by atoms with Crippen LogP contribution in [0.5, 0.6) is 5.75 Å².